The third-order valence-corrected chi connectivity index (χ3v) is 6.24. The largest absolute Gasteiger partial charge is 0.394 e. The molecule has 1 aromatic heterocycles. The number of nitrogens with one attached hydrogen (secondary N) is 2. The summed E-state index contributed by atoms with van der Waals surface area (Å²) in [6.07, 6.45) is 4.73. The van der Waals surface area contributed by atoms with Gasteiger partial charge in [-0.1, -0.05) is 6.07 Å². The van der Waals surface area contributed by atoms with E-state index >= 15 is 0 Å². The molecule has 1 aromatic carbocycles. The number of hydrogen-bond donors (Lipinski definition) is 3. The van der Waals surface area contributed by atoms with Crippen LogP contribution in [0.1, 0.15) is 29.8 Å². The van der Waals surface area contributed by atoms with E-state index in [4.69, 9.17) is 4.74 Å². The van der Waals surface area contributed by atoms with Gasteiger partial charge in [-0.2, -0.15) is 0 Å². The van der Waals surface area contributed by atoms with Gasteiger partial charge in [0.25, 0.3) is 5.91 Å². The van der Waals surface area contributed by atoms with Gasteiger partial charge in [0.2, 0.25) is 10.0 Å². The van der Waals surface area contributed by atoms with Gasteiger partial charge in [0.05, 0.1) is 35.9 Å². The Labute approximate surface area is 173 Å². The van der Waals surface area contributed by atoms with Crippen LogP contribution in [-0.2, 0) is 14.8 Å². The van der Waals surface area contributed by atoms with Crippen molar-refractivity contribution in [3.63, 3.8) is 0 Å². The summed E-state index contributed by atoms with van der Waals surface area (Å²) in [4.78, 5) is 19.5. The Hall–Kier alpha value is -2.47. The molecule has 30 heavy (non-hydrogen) atoms. The minimum Gasteiger partial charge on any atom is -0.394 e. The van der Waals surface area contributed by atoms with Crippen LogP contribution in [-0.4, -0.2) is 60.8 Å². The van der Waals surface area contributed by atoms with Crippen molar-refractivity contribution in [3.8, 4) is 0 Å². The van der Waals surface area contributed by atoms with Crippen molar-refractivity contribution in [2.24, 2.45) is 0 Å². The Morgan fingerprint density at radius 3 is 2.83 bits per heavy atom. The molecule has 9 nitrogen and oxygen atoms in total. The standard InChI is InChI=1S/C19H23FN4O5S/c20-13-2-1-3-15(10-13)30(27,28)24-16-5-4-14(29-18(16)12-25)6-7-23-19(26)17-11-21-8-9-22-17/h1-3,8-11,14,16,18,24-25H,4-7,12H2,(H,23,26)/t14-,16-,18-/m1/s1. The fraction of sp³-hybridized carbons (Fsp3) is 0.421. The normalized spacial score (nSPS) is 21.9. The summed E-state index contributed by atoms with van der Waals surface area (Å²) < 4.78 is 46.7. The number of nitrogens with zero attached hydrogens (tertiary/aromatic N) is 2. The van der Waals surface area contributed by atoms with Crippen LogP contribution in [0.15, 0.2) is 47.8 Å². The highest BCUT2D eigenvalue weighted by Gasteiger charge is 2.34. The number of hydrogen-bond acceptors (Lipinski definition) is 7. The summed E-state index contributed by atoms with van der Waals surface area (Å²) in [5.41, 5.74) is 0.210. The van der Waals surface area contributed by atoms with Crippen molar-refractivity contribution in [1.82, 2.24) is 20.0 Å². The van der Waals surface area contributed by atoms with E-state index in [1.165, 1.54) is 30.7 Å². The quantitative estimate of drug-likeness (QED) is 0.551. The van der Waals surface area contributed by atoms with Crippen LogP contribution in [0.5, 0.6) is 0 Å². The highest BCUT2D eigenvalue weighted by Crippen LogP contribution is 2.23. The van der Waals surface area contributed by atoms with Crippen molar-refractivity contribution >= 4 is 15.9 Å². The molecule has 2 heterocycles. The van der Waals surface area contributed by atoms with E-state index in [1.807, 2.05) is 0 Å². The molecule has 1 saturated heterocycles. The molecular weight excluding hydrogens is 415 g/mol. The number of benzene rings is 1. The highest BCUT2D eigenvalue weighted by atomic mass is 32.2. The first-order valence-electron chi connectivity index (χ1n) is 9.47. The molecule has 0 radical (unpaired) electrons. The minimum absolute atomic E-state index is 0.187. The lowest BCUT2D eigenvalue weighted by molar-refractivity contribution is -0.0871. The lowest BCUT2D eigenvalue weighted by atomic mass is 9.98. The van der Waals surface area contributed by atoms with Gasteiger partial charge < -0.3 is 15.2 Å². The van der Waals surface area contributed by atoms with Gasteiger partial charge in [0, 0.05) is 18.9 Å². The SMILES string of the molecule is O=C(NCC[C@H]1CC[C@@H](NS(=O)(=O)c2cccc(F)c2)[C@@H](CO)O1)c1cnccn1. The molecule has 11 heteroatoms. The summed E-state index contributed by atoms with van der Waals surface area (Å²) in [7, 11) is -3.95. The first-order valence-corrected chi connectivity index (χ1v) is 11.0. The maximum atomic E-state index is 13.4. The second kappa shape index (κ2) is 10.0. The molecule has 0 spiro atoms. The average Bonchev–Trinajstić information content (AvgIpc) is 2.75. The predicted octanol–water partition coefficient (Wildman–Crippen LogP) is 0.623. The van der Waals surface area contributed by atoms with E-state index in [0.29, 0.717) is 25.8 Å². The van der Waals surface area contributed by atoms with E-state index in [-0.39, 0.29) is 29.2 Å². The summed E-state index contributed by atoms with van der Waals surface area (Å²) in [6, 6.07) is 4.06. The molecule has 1 aliphatic heterocycles. The molecule has 1 aliphatic rings. The Morgan fingerprint density at radius 1 is 1.30 bits per heavy atom. The average molecular weight is 438 g/mol. The van der Waals surface area contributed by atoms with Crippen molar-refractivity contribution in [1.29, 1.82) is 0 Å². The Morgan fingerprint density at radius 2 is 2.13 bits per heavy atom. The second-order valence-corrected chi connectivity index (χ2v) is 8.59. The molecule has 0 saturated carbocycles. The monoisotopic (exact) mass is 438 g/mol. The van der Waals surface area contributed by atoms with Gasteiger partial charge in [-0.3, -0.25) is 9.78 Å². The highest BCUT2D eigenvalue weighted by molar-refractivity contribution is 7.89. The molecule has 3 rings (SSSR count). The van der Waals surface area contributed by atoms with Crippen molar-refractivity contribution < 1.29 is 27.4 Å². The first-order chi connectivity index (χ1) is 14.4. The van der Waals surface area contributed by atoms with Crippen LogP contribution in [0, 0.1) is 5.82 Å². The summed E-state index contributed by atoms with van der Waals surface area (Å²) in [5, 5.41) is 12.4. The molecule has 1 amide bonds. The minimum atomic E-state index is -3.95. The van der Waals surface area contributed by atoms with Crippen LogP contribution >= 0.6 is 0 Å². The number of carbonyl (C=O) groups is 1. The van der Waals surface area contributed by atoms with Gasteiger partial charge >= 0.3 is 0 Å². The topological polar surface area (TPSA) is 131 Å². The van der Waals surface area contributed by atoms with Crippen molar-refractivity contribution in [2.45, 2.75) is 42.4 Å². The number of ether oxygens (including phenoxy) is 1. The van der Waals surface area contributed by atoms with Crippen LogP contribution in [0.2, 0.25) is 0 Å². The number of halogens is 1. The molecule has 0 unspecified atom stereocenters. The maximum absolute atomic E-state index is 13.4. The first kappa shape index (κ1) is 22.2. The summed E-state index contributed by atoms with van der Waals surface area (Å²) in [6.45, 7) is -0.0449. The Balaban J connectivity index is 1.51. The number of aromatic nitrogens is 2. The number of aliphatic hydroxyl groups is 1. The molecule has 1 fully saturated rings. The Kier molecular flexibility index (Phi) is 7.43. The molecule has 3 N–H and O–H groups in total. The zero-order valence-corrected chi connectivity index (χ0v) is 16.9. The van der Waals surface area contributed by atoms with Crippen LogP contribution < -0.4 is 10.0 Å². The fourth-order valence-corrected chi connectivity index (χ4v) is 4.56. The smallest absolute Gasteiger partial charge is 0.271 e. The van der Waals surface area contributed by atoms with Crippen LogP contribution in [0.25, 0.3) is 0 Å². The zero-order valence-electron chi connectivity index (χ0n) is 16.1. The van der Waals surface area contributed by atoms with E-state index < -0.39 is 28.0 Å². The number of aliphatic hydroxyl groups excluding tert-OH is 1. The molecule has 2 aromatic rings. The van der Waals surface area contributed by atoms with Crippen molar-refractivity contribution in [2.75, 3.05) is 13.2 Å². The van der Waals surface area contributed by atoms with Crippen LogP contribution in [0.3, 0.4) is 0 Å². The van der Waals surface area contributed by atoms with Gasteiger partial charge in [0.1, 0.15) is 11.5 Å². The van der Waals surface area contributed by atoms with E-state index in [9.17, 15) is 22.7 Å². The van der Waals surface area contributed by atoms with Crippen LogP contribution in [0.4, 0.5) is 4.39 Å². The van der Waals surface area contributed by atoms with E-state index in [1.54, 1.807) is 0 Å². The molecule has 162 valence electrons. The number of sulfonamides is 1. The summed E-state index contributed by atoms with van der Waals surface area (Å²) in [5.74, 6) is -1.00. The molecule has 0 aliphatic carbocycles. The Bertz CT molecular complexity index is 960. The predicted molar refractivity (Wildman–Crippen MR) is 104 cm³/mol. The number of amides is 1. The number of rotatable bonds is 8. The maximum Gasteiger partial charge on any atom is 0.271 e. The van der Waals surface area contributed by atoms with Gasteiger partial charge in [0.15, 0.2) is 0 Å². The van der Waals surface area contributed by atoms with E-state index in [0.717, 1.165) is 12.1 Å². The second-order valence-electron chi connectivity index (χ2n) is 6.88. The summed E-state index contributed by atoms with van der Waals surface area (Å²) >= 11 is 0. The lowest BCUT2D eigenvalue weighted by Crippen LogP contribution is -2.51. The van der Waals surface area contributed by atoms with Gasteiger partial charge in [-0.15, -0.1) is 0 Å². The third kappa shape index (κ3) is 5.79. The molecular formula is C19H23FN4O5S. The zero-order chi connectivity index (χ0) is 21.6. The lowest BCUT2D eigenvalue weighted by Gasteiger charge is -2.36. The molecule has 0 bridgehead atoms. The van der Waals surface area contributed by atoms with E-state index in [2.05, 4.69) is 20.0 Å². The fourth-order valence-electron chi connectivity index (χ4n) is 3.23. The number of carbonyl (C=O) groups excluding carboxylic acids is 1. The van der Waals surface area contributed by atoms with Gasteiger partial charge in [-0.25, -0.2) is 22.5 Å². The third-order valence-electron chi connectivity index (χ3n) is 4.76. The molecule has 3 atom stereocenters. The van der Waals surface area contributed by atoms with Gasteiger partial charge in [-0.05, 0) is 37.5 Å². The van der Waals surface area contributed by atoms with Crippen molar-refractivity contribution in [3.05, 3.63) is 54.4 Å².